The van der Waals surface area contributed by atoms with Gasteiger partial charge in [0.05, 0.1) is 0 Å². The van der Waals surface area contributed by atoms with E-state index in [9.17, 15) is 9.90 Å². The maximum atomic E-state index is 11.4. The smallest absolute Gasteiger partial charge is 0.407 e. The molecule has 2 heterocycles. The molecule has 0 aliphatic carbocycles. The first kappa shape index (κ1) is 15.6. The molecule has 0 saturated carbocycles. The summed E-state index contributed by atoms with van der Waals surface area (Å²) in [5.41, 5.74) is 0.0140. The molecule has 2 aliphatic heterocycles. The molecule has 0 aromatic rings. The second-order valence-corrected chi connectivity index (χ2v) is 7.75. The summed E-state index contributed by atoms with van der Waals surface area (Å²) in [6.45, 7) is 11.9. The number of hydrogen-bond donors (Lipinski definition) is 1. The Labute approximate surface area is 123 Å². The van der Waals surface area contributed by atoms with Crippen LogP contribution in [0.1, 0.15) is 53.4 Å². The van der Waals surface area contributed by atoms with Crippen LogP contribution >= 0.6 is 0 Å². The van der Waals surface area contributed by atoms with Gasteiger partial charge in [0.25, 0.3) is 0 Å². The molecule has 2 aliphatic rings. The van der Waals surface area contributed by atoms with Crippen LogP contribution in [-0.2, 0) is 0 Å². The Bertz CT molecular complexity index is 343. The number of hydrogen-bond acceptors (Lipinski definition) is 2. The summed E-state index contributed by atoms with van der Waals surface area (Å²) < 4.78 is 0. The first-order chi connectivity index (χ1) is 9.29. The topological polar surface area (TPSA) is 43.8 Å². The van der Waals surface area contributed by atoms with Crippen molar-refractivity contribution in [2.75, 3.05) is 19.6 Å². The second-order valence-electron chi connectivity index (χ2n) is 7.75. The summed E-state index contributed by atoms with van der Waals surface area (Å²) >= 11 is 0. The predicted molar refractivity (Wildman–Crippen MR) is 81.0 cm³/mol. The summed E-state index contributed by atoms with van der Waals surface area (Å²) in [6.07, 6.45) is 3.81. The lowest BCUT2D eigenvalue weighted by molar-refractivity contribution is 0.0114. The third-order valence-corrected chi connectivity index (χ3v) is 5.15. The molecule has 0 radical (unpaired) electrons. The molecule has 2 unspecified atom stereocenters. The molecular formula is C16H30N2O2. The number of nitrogens with zero attached hydrogens (tertiary/aromatic N) is 2. The zero-order chi connectivity index (χ0) is 14.9. The third-order valence-electron chi connectivity index (χ3n) is 5.15. The van der Waals surface area contributed by atoms with Crippen LogP contribution in [0.25, 0.3) is 0 Å². The molecule has 0 bridgehead atoms. The minimum atomic E-state index is -0.754. The normalized spacial score (nSPS) is 30.5. The van der Waals surface area contributed by atoms with Crippen molar-refractivity contribution in [2.45, 2.75) is 65.5 Å². The number of likely N-dealkylation sites (tertiary alicyclic amines) is 2. The summed E-state index contributed by atoms with van der Waals surface area (Å²) in [5.74, 6) is 0.851. The summed E-state index contributed by atoms with van der Waals surface area (Å²) in [7, 11) is 0. The van der Waals surface area contributed by atoms with E-state index in [2.05, 4.69) is 32.6 Å². The fourth-order valence-corrected chi connectivity index (χ4v) is 3.72. The molecule has 4 heteroatoms. The van der Waals surface area contributed by atoms with E-state index in [0.29, 0.717) is 12.6 Å². The van der Waals surface area contributed by atoms with E-state index >= 15 is 0 Å². The van der Waals surface area contributed by atoms with Gasteiger partial charge in [-0.2, -0.15) is 0 Å². The van der Waals surface area contributed by atoms with Gasteiger partial charge < -0.3 is 14.9 Å². The number of carboxylic acid groups (broad SMARTS) is 1. The zero-order valence-electron chi connectivity index (χ0n) is 13.4. The highest BCUT2D eigenvalue weighted by Crippen LogP contribution is 2.34. The van der Waals surface area contributed by atoms with Gasteiger partial charge in [-0.3, -0.25) is 0 Å². The Kier molecular flexibility index (Phi) is 4.62. The Morgan fingerprint density at radius 2 is 1.70 bits per heavy atom. The lowest BCUT2D eigenvalue weighted by atomic mass is 9.78. The quantitative estimate of drug-likeness (QED) is 0.802. The van der Waals surface area contributed by atoms with Crippen LogP contribution in [0.5, 0.6) is 0 Å². The highest BCUT2D eigenvalue weighted by Gasteiger charge is 2.40. The predicted octanol–water partition coefficient (Wildman–Crippen LogP) is 3.28. The van der Waals surface area contributed by atoms with Gasteiger partial charge in [0.15, 0.2) is 0 Å². The van der Waals surface area contributed by atoms with Gasteiger partial charge in [0.2, 0.25) is 0 Å². The second kappa shape index (κ2) is 5.92. The zero-order valence-corrected chi connectivity index (χ0v) is 13.4. The summed E-state index contributed by atoms with van der Waals surface area (Å²) in [4.78, 5) is 15.7. The summed E-state index contributed by atoms with van der Waals surface area (Å²) in [6, 6.07) is 0.709. The Hall–Kier alpha value is -0.770. The molecular weight excluding hydrogens is 252 g/mol. The molecule has 1 N–H and O–H groups in total. The lowest BCUT2D eigenvalue weighted by Gasteiger charge is -2.48. The van der Waals surface area contributed by atoms with Crippen molar-refractivity contribution in [2.24, 2.45) is 11.3 Å². The maximum absolute atomic E-state index is 11.4. The molecule has 0 spiro atoms. The van der Waals surface area contributed by atoms with Crippen molar-refractivity contribution in [1.29, 1.82) is 0 Å². The number of rotatable bonds is 1. The minimum Gasteiger partial charge on any atom is -0.465 e. The first-order valence-corrected chi connectivity index (χ1v) is 8.02. The first-order valence-electron chi connectivity index (χ1n) is 8.02. The van der Waals surface area contributed by atoms with Crippen LogP contribution in [0.2, 0.25) is 0 Å². The highest BCUT2D eigenvalue weighted by molar-refractivity contribution is 5.65. The molecule has 0 aromatic carbocycles. The van der Waals surface area contributed by atoms with Gasteiger partial charge in [-0.1, -0.05) is 27.7 Å². The highest BCUT2D eigenvalue weighted by atomic mass is 16.4. The van der Waals surface area contributed by atoms with E-state index in [1.165, 1.54) is 25.9 Å². The standard InChI is InChI=1S/C16H30N2O2/c1-12-5-8-17(9-6-12)13-7-10-18(15(19)20)14(11-13)16(2,3)4/h12-14H,5-11H2,1-4H3,(H,19,20). The molecule has 20 heavy (non-hydrogen) atoms. The van der Waals surface area contributed by atoms with Gasteiger partial charge in [0, 0.05) is 18.6 Å². The van der Waals surface area contributed by atoms with Crippen LogP contribution in [-0.4, -0.2) is 52.7 Å². The van der Waals surface area contributed by atoms with E-state index in [1.807, 2.05) is 0 Å². The Morgan fingerprint density at radius 1 is 1.10 bits per heavy atom. The molecule has 2 rings (SSSR count). The van der Waals surface area contributed by atoms with Gasteiger partial charge in [-0.25, -0.2) is 4.79 Å². The number of amides is 1. The molecule has 0 aromatic heterocycles. The van der Waals surface area contributed by atoms with Crippen molar-refractivity contribution in [3.8, 4) is 0 Å². The number of carbonyl (C=O) groups is 1. The van der Waals surface area contributed by atoms with E-state index in [0.717, 1.165) is 18.8 Å². The molecule has 2 saturated heterocycles. The van der Waals surface area contributed by atoms with E-state index in [4.69, 9.17) is 0 Å². The average molecular weight is 282 g/mol. The fraction of sp³-hybridized carbons (Fsp3) is 0.938. The lowest BCUT2D eigenvalue weighted by Crippen LogP contribution is -2.56. The number of piperidine rings is 2. The van der Waals surface area contributed by atoms with E-state index in [1.54, 1.807) is 4.90 Å². The Morgan fingerprint density at radius 3 is 2.20 bits per heavy atom. The van der Waals surface area contributed by atoms with Gasteiger partial charge in [-0.05, 0) is 50.1 Å². The average Bonchev–Trinajstić information content (AvgIpc) is 2.38. The van der Waals surface area contributed by atoms with Crippen molar-refractivity contribution >= 4 is 6.09 Å². The maximum Gasteiger partial charge on any atom is 0.407 e. The van der Waals surface area contributed by atoms with E-state index in [-0.39, 0.29) is 11.5 Å². The van der Waals surface area contributed by atoms with Crippen molar-refractivity contribution in [3.05, 3.63) is 0 Å². The van der Waals surface area contributed by atoms with Crippen LogP contribution in [0.15, 0.2) is 0 Å². The SMILES string of the molecule is CC1CCN(C2CCN(C(=O)O)C(C(C)(C)C)C2)CC1. The van der Waals surface area contributed by atoms with Crippen molar-refractivity contribution < 1.29 is 9.90 Å². The van der Waals surface area contributed by atoms with Gasteiger partial charge in [0.1, 0.15) is 0 Å². The van der Waals surface area contributed by atoms with E-state index < -0.39 is 6.09 Å². The van der Waals surface area contributed by atoms with Crippen LogP contribution < -0.4 is 0 Å². The monoisotopic (exact) mass is 282 g/mol. The molecule has 4 nitrogen and oxygen atoms in total. The largest absolute Gasteiger partial charge is 0.465 e. The Balaban J connectivity index is 2.03. The minimum absolute atomic E-state index is 0.0140. The van der Waals surface area contributed by atoms with Crippen LogP contribution in [0.4, 0.5) is 4.79 Å². The van der Waals surface area contributed by atoms with Crippen molar-refractivity contribution in [3.63, 3.8) is 0 Å². The molecule has 2 atom stereocenters. The van der Waals surface area contributed by atoms with Gasteiger partial charge >= 0.3 is 6.09 Å². The van der Waals surface area contributed by atoms with Crippen LogP contribution in [0, 0.1) is 11.3 Å². The van der Waals surface area contributed by atoms with Crippen molar-refractivity contribution in [1.82, 2.24) is 9.80 Å². The molecule has 116 valence electrons. The van der Waals surface area contributed by atoms with Gasteiger partial charge in [-0.15, -0.1) is 0 Å². The van der Waals surface area contributed by atoms with Crippen LogP contribution in [0.3, 0.4) is 0 Å². The summed E-state index contributed by atoms with van der Waals surface area (Å²) in [5, 5.41) is 9.42. The molecule has 2 fully saturated rings. The molecule has 1 amide bonds. The third kappa shape index (κ3) is 3.46. The fourth-order valence-electron chi connectivity index (χ4n) is 3.72.